The fourth-order valence-corrected chi connectivity index (χ4v) is 2.74. The summed E-state index contributed by atoms with van der Waals surface area (Å²) in [5.41, 5.74) is 4.48. The lowest BCUT2D eigenvalue weighted by atomic mass is 10.0. The number of nitrogens with zero attached hydrogens (tertiary/aromatic N) is 1. The van der Waals surface area contributed by atoms with Gasteiger partial charge in [-0.15, -0.1) is 0 Å². The Morgan fingerprint density at radius 3 is 2.64 bits per heavy atom. The van der Waals surface area contributed by atoms with Gasteiger partial charge in [-0.3, -0.25) is 4.79 Å². The van der Waals surface area contributed by atoms with Crippen LogP contribution >= 0.6 is 0 Å². The first-order valence-electron chi connectivity index (χ1n) is 8.73. The summed E-state index contributed by atoms with van der Waals surface area (Å²) in [6.45, 7) is 8.37. The molecule has 0 aliphatic rings. The van der Waals surface area contributed by atoms with Gasteiger partial charge in [0.25, 0.3) is 0 Å². The van der Waals surface area contributed by atoms with E-state index in [1.165, 1.54) is 5.56 Å². The molecule has 1 aromatic heterocycles. The van der Waals surface area contributed by atoms with E-state index >= 15 is 0 Å². The van der Waals surface area contributed by atoms with E-state index in [9.17, 15) is 4.79 Å². The standard InChI is InChI=1S/C21H24N2O2/c1-13(2)10-20(24)22-17-7-5-6-16(11-17)21-23-18-12-15(14(3)4)8-9-19(18)25-21/h5-9,11-14H,10H2,1-4H3,(H,22,24). The summed E-state index contributed by atoms with van der Waals surface area (Å²) in [4.78, 5) is 16.6. The van der Waals surface area contributed by atoms with Gasteiger partial charge in [0.15, 0.2) is 5.58 Å². The number of carbonyl (C=O) groups is 1. The van der Waals surface area contributed by atoms with Gasteiger partial charge in [0, 0.05) is 17.7 Å². The molecule has 0 saturated heterocycles. The topological polar surface area (TPSA) is 55.1 Å². The Bertz CT molecular complexity index is 894. The van der Waals surface area contributed by atoms with Crippen LogP contribution in [0.5, 0.6) is 0 Å². The number of fused-ring (bicyclic) bond motifs is 1. The first-order valence-corrected chi connectivity index (χ1v) is 8.73. The lowest BCUT2D eigenvalue weighted by Gasteiger charge is -2.07. The molecule has 0 atom stereocenters. The Balaban J connectivity index is 1.87. The number of rotatable bonds is 5. The summed E-state index contributed by atoms with van der Waals surface area (Å²) in [6.07, 6.45) is 0.505. The molecule has 1 heterocycles. The van der Waals surface area contributed by atoms with E-state index in [2.05, 4.69) is 36.3 Å². The molecule has 0 aliphatic carbocycles. The molecule has 0 saturated carbocycles. The Labute approximate surface area is 148 Å². The van der Waals surface area contributed by atoms with Crippen LogP contribution in [0.2, 0.25) is 0 Å². The monoisotopic (exact) mass is 336 g/mol. The quantitative estimate of drug-likeness (QED) is 0.659. The van der Waals surface area contributed by atoms with E-state index in [4.69, 9.17) is 4.42 Å². The van der Waals surface area contributed by atoms with Crippen LogP contribution in [0, 0.1) is 5.92 Å². The average molecular weight is 336 g/mol. The van der Waals surface area contributed by atoms with E-state index in [1.54, 1.807) is 0 Å². The smallest absolute Gasteiger partial charge is 0.227 e. The van der Waals surface area contributed by atoms with Crippen molar-refractivity contribution in [2.24, 2.45) is 5.92 Å². The summed E-state index contributed by atoms with van der Waals surface area (Å²) in [5, 5.41) is 2.93. The Morgan fingerprint density at radius 2 is 1.92 bits per heavy atom. The van der Waals surface area contributed by atoms with Gasteiger partial charge < -0.3 is 9.73 Å². The van der Waals surface area contributed by atoms with Crippen molar-refractivity contribution in [3.63, 3.8) is 0 Å². The highest BCUT2D eigenvalue weighted by atomic mass is 16.3. The molecule has 130 valence electrons. The van der Waals surface area contributed by atoms with Gasteiger partial charge in [-0.1, -0.05) is 39.8 Å². The number of amides is 1. The van der Waals surface area contributed by atoms with Crippen molar-refractivity contribution in [3.8, 4) is 11.5 Å². The second-order valence-electron chi connectivity index (χ2n) is 7.13. The second-order valence-corrected chi connectivity index (χ2v) is 7.13. The largest absolute Gasteiger partial charge is 0.436 e. The van der Waals surface area contributed by atoms with Crippen LogP contribution in [0.3, 0.4) is 0 Å². The van der Waals surface area contributed by atoms with E-state index in [0.717, 1.165) is 22.4 Å². The van der Waals surface area contributed by atoms with Crippen molar-refractivity contribution in [1.29, 1.82) is 0 Å². The molecule has 0 aliphatic heterocycles. The summed E-state index contributed by atoms with van der Waals surface area (Å²) in [7, 11) is 0. The molecular formula is C21H24N2O2. The maximum absolute atomic E-state index is 12.0. The van der Waals surface area contributed by atoms with Crippen LogP contribution in [0.25, 0.3) is 22.6 Å². The van der Waals surface area contributed by atoms with Gasteiger partial charge in [-0.25, -0.2) is 4.98 Å². The molecule has 0 bridgehead atoms. The lowest BCUT2D eigenvalue weighted by molar-refractivity contribution is -0.116. The molecule has 3 rings (SSSR count). The number of anilines is 1. The molecule has 3 aromatic rings. The van der Waals surface area contributed by atoms with Crippen LogP contribution in [0.15, 0.2) is 46.9 Å². The third-order valence-corrected chi connectivity index (χ3v) is 4.07. The molecule has 0 spiro atoms. The molecule has 0 radical (unpaired) electrons. The number of carbonyl (C=O) groups excluding carboxylic acids is 1. The SMILES string of the molecule is CC(C)CC(=O)Nc1cccc(-c2nc3cc(C(C)C)ccc3o2)c1. The zero-order chi connectivity index (χ0) is 18.0. The molecule has 2 aromatic carbocycles. The maximum Gasteiger partial charge on any atom is 0.227 e. The highest BCUT2D eigenvalue weighted by Gasteiger charge is 2.11. The van der Waals surface area contributed by atoms with E-state index in [0.29, 0.717) is 24.1 Å². The lowest BCUT2D eigenvalue weighted by Crippen LogP contribution is -2.13. The van der Waals surface area contributed by atoms with E-state index in [1.807, 2.05) is 44.2 Å². The fourth-order valence-electron chi connectivity index (χ4n) is 2.74. The molecular weight excluding hydrogens is 312 g/mol. The number of benzene rings is 2. The number of aromatic nitrogens is 1. The third-order valence-electron chi connectivity index (χ3n) is 4.07. The fraction of sp³-hybridized carbons (Fsp3) is 0.333. The molecule has 0 fully saturated rings. The third kappa shape index (κ3) is 4.08. The first kappa shape index (κ1) is 17.2. The van der Waals surface area contributed by atoms with Crippen LogP contribution in [0.4, 0.5) is 5.69 Å². The van der Waals surface area contributed by atoms with Gasteiger partial charge in [-0.2, -0.15) is 0 Å². The van der Waals surface area contributed by atoms with Crippen molar-refractivity contribution < 1.29 is 9.21 Å². The summed E-state index contributed by atoms with van der Waals surface area (Å²) < 4.78 is 5.89. The van der Waals surface area contributed by atoms with Gasteiger partial charge in [-0.05, 0) is 47.7 Å². The second kappa shape index (κ2) is 7.09. The summed E-state index contributed by atoms with van der Waals surface area (Å²) >= 11 is 0. The van der Waals surface area contributed by atoms with Crippen LogP contribution < -0.4 is 5.32 Å². The molecule has 0 unspecified atom stereocenters. The predicted octanol–water partition coefficient (Wildman–Crippen LogP) is 5.60. The number of nitrogens with one attached hydrogen (secondary N) is 1. The highest BCUT2D eigenvalue weighted by Crippen LogP contribution is 2.28. The van der Waals surface area contributed by atoms with Crippen LogP contribution in [0.1, 0.15) is 45.6 Å². The van der Waals surface area contributed by atoms with Crippen molar-refractivity contribution in [1.82, 2.24) is 4.98 Å². The number of oxazole rings is 1. The first-order chi connectivity index (χ1) is 11.9. The molecule has 4 nitrogen and oxygen atoms in total. The van der Waals surface area contributed by atoms with Gasteiger partial charge in [0.1, 0.15) is 5.52 Å². The molecule has 1 amide bonds. The van der Waals surface area contributed by atoms with Crippen LogP contribution in [-0.4, -0.2) is 10.9 Å². The van der Waals surface area contributed by atoms with E-state index in [-0.39, 0.29) is 5.91 Å². The Morgan fingerprint density at radius 1 is 1.12 bits per heavy atom. The highest BCUT2D eigenvalue weighted by molar-refractivity contribution is 5.91. The number of hydrogen-bond donors (Lipinski definition) is 1. The maximum atomic E-state index is 12.0. The molecule has 25 heavy (non-hydrogen) atoms. The van der Waals surface area contributed by atoms with Crippen molar-refractivity contribution >= 4 is 22.7 Å². The molecule has 4 heteroatoms. The van der Waals surface area contributed by atoms with Gasteiger partial charge in [0.05, 0.1) is 0 Å². The normalized spacial score (nSPS) is 11.4. The molecule has 1 N–H and O–H groups in total. The number of hydrogen-bond acceptors (Lipinski definition) is 3. The van der Waals surface area contributed by atoms with Crippen molar-refractivity contribution in [2.45, 2.75) is 40.0 Å². The Hall–Kier alpha value is -2.62. The predicted molar refractivity (Wildman–Crippen MR) is 102 cm³/mol. The minimum absolute atomic E-state index is 0.0197. The average Bonchev–Trinajstić information content (AvgIpc) is 2.97. The van der Waals surface area contributed by atoms with Crippen molar-refractivity contribution in [3.05, 3.63) is 48.0 Å². The minimum atomic E-state index is 0.0197. The zero-order valence-corrected chi connectivity index (χ0v) is 15.2. The van der Waals surface area contributed by atoms with Gasteiger partial charge >= 0.3 is 0 Å². The van der Waals surface area contributed by atoms with Gasteiger partial charge in [0.2, 0.25) is 11.8 Å². The minimum Gasteiger partial charge on any atom is -0.436 e. The Kier molecular flexibility index (Phi) is 4.88. The van der Waals surface area contributed by atoms with Crippen molar-refractivity contribution in [2.75, 3.05) is 5.32 Å². The zero-order valence-electron chi connectivity index (χ0n) is 15.2. The van der Waals surface area contributed by atoms with Crippen LogP contribution in [-0.2, 0) is 4.79 Å². The van der Waals surface area contributed by atoms with E-state index < -0.39 is 0 Å². The summed E-state index contributed by atoms with van der Waals surface area (Å²) in [5.74, 6) is 1.36. The summed E-state index contributed by atoms with van der Waals surface area (Å²) in [6, 6.07) is 13.7.